The second kappa shape index (κ2) is 5.03. The van der Waals surface area contributed by atoms with Crippen LogP contribution in [0.2, 0.25) is 0 Å². The van der Waals surface area contributed by atoms with Gasteiger partial charge in [0.1, 0.15) is 11.3 Å². The molecule has 0 atom stereocenters. The van der Waals surface area contributed by atoms with Gasteiger partial charge in [0.15, 0.2) is 5.82 Å². The van der Waals surface area contributed by atoms with E-state index in [1.807, 2.05) is 6.07 Å². The smallest absolute Gasteiger partial charge is 0.262 e. The van der Waals surface area contributed by atoms with Crippen LogP contribution in [0.4, 0.5) is 5.82 Å². The molecule has 96 valence electrons. The zero-order chi connectivity index (χ0) is 13.1. The number of rotatable bonds is 4. The topological polar surface area (TPSA) is 83.8 Å². The van der Waals surface area contributed by atoms with Gasteiger partial charge in [0, 0.05) is 11.8 Å². The monoisotopic (exact) mass is 248 g/mol. The maximum Gasteiger partial charge on any atom is 0.262 e. The molecule has 2 heterocycles. The van der Waals surface area contributed by atoms with Gasteiger partial charge in [-0.15, -0.1) is 0 Å². The summed E-state index contributed by atoms with van der Waals surface area (Å²) in [5.41, 5.74) is 2.05. The Kier molecular flexibility index (Phi) is 3.45. The average Bonchev–Trinajstić information content (AvgIpc) is 2.87. The quantitative estimate of drug-likeness (QED) is 0.868. The van der Waals surface area contributed by atoms with Gasteiger partial charge in [-0.2, -0.15) is 5.10 Å². The van der Waals surface area contributed by atoms with Crippen LogP contribution in [0.1, 0.15) is 40.9 Å². The molecule has 0 aromatic carbocycles. The van der Waals surface area contributed by atoms with Crippen LogP contribution in [0.15, 0.2) is 10.6 Å². The number of carbonyl (C=O) groups is 1. The van der Waals surface area contributed by atoms with Crippen molar-refractivity contribution in [3.63, 3.8) is 0 Å². The van der Waals surface area contributed by atoms with Crippen molar-refractivity contribution in [1.82, 2.24) is 15.4 Å². The SMILES string of the molecule is CCCc1cc(NC(=O)c2c(C)noc2C)n[nH]1. The van der Waals surface area contributed by atoms with E-state index in [9.17, 15) is 4.79 Å². The van der Waals surface area contributed by atoms with E-state index in [0.717, 1.165) is 18.5 Å². The third kappa shape index (κ3) is 2.42. The molecule has 0 fully saturated rings. The van der Waals surface area contributed by atoms with E-state index in [4.69, 9.17) is 4.52 Å². The molecule has 0 aliphatic rings. The summed E-state index contributed by atoms with van der Waals surface area (Å²) in [5.74, 6) is 0.776. The summed E-state index contributed by atoms with van der Waals surface area (Å²) in [4.78, 5) is 12.0. The molecule has 2 aromatic rings. The molecule has 2 rings (SSSR count). The number of aromatic amines is 1. The zero-order valence-corrected chi connectivity index (χ0v) is 10.7. The summed E-state index contributed by atoms with van der Waals surface area (Å²) in [6, 6.07) is 1.83. The number of H-pyrrole nitrogens is 1. The maximum atomic E-state index is 12.0. The van der Waals surface area contributed by atoms with Gasteiger partial charge in [-0.25, -0.2) is 0 Å². The van der Waals surface area contributed by atoms with Gasteiger partial charge < -0.3 is 9.84 Å². The van der Waals surface area contributed by atoms with Crippen LogP contribution in [0, 0.1) is 13.8 Å². The summed E-state index contributed by atoms with van der Waals surface area (Å²) >= 11 is 0. The van der Waals surface area contributed by atoms with E-state index in [0.29, 0.717) is 22.8 Å². The minimum atomic E-state index is -0.249. The molecule has 0 aliphatic heterocycles. The molecule has 18 heavy (non-hydrogen) atoms. The van der Waals surface area contributed by atoms with Gasteiger partial charge >= 0.3 is 0 Å². The van der Waals surface area contributed by atoms with Crippen LogP contribution < -0.4 is 5.32 Å². The fourth-order valence-electron chi connectivity index (χ4n) is 1.81. The van der Waals surface area contributed by atoms with E-state index in [1.54, 1.807) is 13.8 Å². The van der Waals surface area contributed by atoms with Crippen molar-refractivity contribution in [1.29, 1.82) is 0 Å². The normalized spacial score (nSPS) is 10.6. The van der Waals surface area contributed by atoms with Gasteiger partial charge in [-0.05, 0) is 20.3 Å². The average molecular weight is 248 g/mol. The number of anilines is 1. The second-order valence-corrected chi connectivity index (χ2v) is 4.18. The molecule has 2 N–H and O–H groups in total. The first-order valence-corrected chi connectivity index (χ1v) is 5.90. The molecular weight excluding hydrogens is 232 g/mol. The molecule has 0 unspecified atom stereocenters. The fraction of sp³-hybridized carbons (Fsp3) is 0.417. The number of aryl methyl sites for hydroxylation is 3. The summed E-state index contributed by atoms with van der Waals surface area (Å²) < 4.78 is 4.96. The Morgan fingerprint density at radius 1 is 1.50 bits per heavy atom. The molecule has 2 aromatic heterocycles. The fourth-order valence-corrected chi connectivity index (χ4v) is 1.81. The summed E-state index contributed by atoms with van der Waals surface area (Å²) in [7, 11) is 0. The van der Waals surface area contributed by atoms with E-state index in [2.05, 4.69) is 27.6 Å². The van der Waals surface area contributed by atoms with Gasteiger partial charge in [-0.1, -0.05) is 18.5 Å². The van der Waals surface area contributed by atoms with Crippen molar-refractivity contribution in [3.05, 3.63) is 28.8 Å². The molecule has 0 bridgehead atoms. The third-order valence-corrected chi connectivity index (χ3v) is 2.65. The van der Waals surface area contributed by atoms with Crippen LogP contribution in [0.5, 0.6) is 0 Å². The standard InChI is InChI=1S/C12H16N4O2/c1-4-5-9-6-10(15-14-9)13-12(17)11-7(2)16-18-8(11)3/h6H,4-5H2,1-3H3,(H2,13,14,15,17). The number of nitrogens with zero attached hydrogens (tertiary/aromatic N) is 2. The number of aromatic nitrogens is 3. The van der Waals surface area contributed by atoms with E-state index in [-0.39, 0.29) is 5.91 Å². The second-order valence-electron chi connectivity index (χ2n) is 4.18. The molecular formula is C12H16N4O2. The van der Waals surface area contributed by atoms with Crippen molar-refractivity contribution in [2.75, 3.05) is 5.32 Å². The van der Waals surface area contributed by atoms with Gasteiger partial charge in [0.05, 0.1) is 5.69 Å². The summed E-state index contributed by atoms with van der Waals surface area (Å²) in [6.07, 6.45) is 1.94. The minimum Gasteiger partial charge on any atom is -0.361 e. The molecule has 0 saturated heterocycles. The largest absolute Gasteiger partial charge is 0.361 e. The lowest BCUT2D eigenvalue weighted by Crippen LogP contribution is -2.13. The number of hydrogen-bond donors (Lipinski definition) is 2. The van der Waals surface area contributed by atoms with Gasteiger partial charge in [-0.3, -0.25) is 9.89 Å². The van der Waals surface area contributed by atoms with Crippen molar-refractivity contribution in [3.8, 4) is 0 Å². The molecule has 6 nitrogen and oxygen atoms in total. The van der Waals surface area contributed by atoms with Crippen molar-refractivity contribution in [2.45, 2.75) is 33.6 Å². The predicted molar refractivity (Wildman–Crippen MR) is 66.5 cm³/mol. The number of carbonyl (C=O) groups excluding carboxylic acids is 1. The number of nitrogens with one attached hydrogen (secondary N) is 2. The predicted octanol–water partition coefficient (Wildman–Crippen LogP) is 2.22. The highest BCUT2D eigenvalue weighted by atomic mass is 16.5. The van der Waals surface area contributed by atoms with Gasteiger partial charge in [0.2, 0.25) is 0 Å². The first kappa shape index (κ1) is 12.3. The molecule has 1 amide bonds. The first-order valence-electron chi connectivity index (χ1n) is 5.90. The maximum absolute atomic E-state index is 12.0. The van der Waals surface area contributed by atoms with Crippen molar-refractivity contribution in [2.24, 2.45) is 0 Å². The lowest BCUT2D eigenvalue weighted by molar-refractivity contribution is 0.102. The summed E-state index contributed by atoms with van der Waals surface area (Å²) in [5, 5.41) is 13.4. The lowest BCUT2D eigenvalue weighted by atomic mass is 10.2. The van der Waals surface area contributed by atoms with Crippen molar-refractivity contribution < 1.29 is 9.32 Å². The zero-order valence-electron chi connectivity index (χ0n) is 10.7. The number of hydrogen-bond acceptors (Lipinski definition) is 4. The third-order valence-electron chi connectivity index (χ3n) is 2.65. The minimum absolute atomic E-state index is 0.249. The van der Waals surface area contributed by atoms with Crippen LogP contribution >= 0.6 is 0 Å². The van der Waals surface area contributed by atoms with Crippen LogP contribution in [0.25, 0.3) is 0 Å². The Balaban J connectivity index is 2.11. The lowest BCUT2D eigenvalue weighted by Gasteiger charge is -1.99. The van der Waals surface area contributed by atoms with Crippen LogP contribution in [0.3, 0.4) is 0 Å². The van der Waals surface area contributed by atoms with Crippen LogP contribution in [-0.2, 0) is 6.42 Å². The molecule has 0 saturated carbocycles. The highest BCUT2D eigenvalue weighted by molar-refractivity contribution is 6.05. The van der Waals surface area contributed by atoms with E-state index < -0.39 is 0 Å². The number of amides is 1. The molecule has 0 radical (unpaired) electrons. The highest BCUT2D eigenvalue weighted by Gasteiger charge is 2.18. The Hall–Kier alpha value is -2.11. The Labute approximate surface area is 105 Å². The molecule has 6 heteroatoms. The Morgan fingerprint density at radius 3 is 2.89 bits per heavy atom. The Morgan fingerprint density at radius 2 is 2.28 bits per heavy atom. The van der Waals surface area contributed by atoms with Gasteiger partial charge in [0.25, 0.3) is 5.91 Å². The van der Waals surface area contributed by atoms with E-state index >= 15 is 0 Å². The molecule has 0 spiro atoms. The highest BCUT2D eigenvalue weighted by Crippen LogP contribution is 2.15. The van der Waals surface area contributed by atoms with E-state index in [1.165, 1.54) is 0 Å². The summed E-state index contributed by atoms with van der Waals surface area (Å²) in [6.45, 7) is 5.53. The van der Waals surface area contributed by atoms with Crippen molar-refractivity contribution >= 4 is 11.7 Å². The van der Waals surface area contributed by atoms with Crippen LogP contribution in [-0.4, -0.2) is 21.3 Å². The first-order chi connectivity index (χ1) is 8.61. The molecule has 0 aliphatic carbocycles. The Bertz CT molecular complexity index is 537.